The van der Waals surface area contributed by atoms with Crippen LogP contribution in [0, 0.1) is 5.82 Å². The maximum absolute atomic E-state index is 13.7. The molecule has 114 valence electrons. The quantitative estimate of drug-likeness (QED) is 0.810. The molecule has 0 saturated carbocycles. The third-order valence-electron chi connectivity index (χ3n) is 3.05. The molecular weight excluding hydrogens is 273 g/mol. The summed E-state index contributed by atoms with van der Waals surface area (Å²) >= 11 is 0. The van der Waals surface area contributed by atoms with Gasteiger partial charge >= 0.3 is 0 Å². The molecule has 0 radical (unpaired) electrons. The smallest absolute Gasteiger partial charge is 0.228 e. The lowest BCUT2D eigenvalue weighted by Gasteiger charge is -2.15. The number of ether oxygens (including phenoxy) is 1. The van der Waals surface area contributed by atoms with E-state index in [1.165, 1.54) is 6.07 Å². The Morgan fingerprint density at radius 1 is 1.38 bits per heavy atom. The number of nitrogens with one attached hydrogen (secondary N) is 1. The molecule has 2 aromatic rings. The maximum atomic E-state index is 13.7. The molecule has 0 saturated heterocycles. The van der Waals surface area contributed by atoms with E-state index in [-0.39, 0.29) is 17.7 Å². The zero-order chi connectivity index (χ0) is 15.1. The average Bonchev–Trinajstić information content (AvgIpc) is 2.94. The van der Waals surface area contributed by atoms with Crippen molar-refractivity contribution in [1.29, 1.82) is 0 Å². The number of halogens is 1. The molecule has 5 nitrogen and oxygen atoms in total. The second-order valence-electron chi connectivity index (χ2n) is 4.80. The minimum Gasteiger partial charge on any atom is -0.383 e. The zero-order valence-corrected chi connectivity index (χ0v) is 12.3. The van der Waals surface area contributed by atoms with Crippen LogP contribution in [0.3, 0.4) is 0 Å². The molecule has 1 aromatic heterocycles. The van der Waals surface area contributed by atoms with Gasteiger partial charge < -0.3 is 14.6 Å². The average molecular weight is 293 g/mol. The molecule has 2 rings (SSSR count). The van der Waals surface area contributed by atoms with Crippen LogP contribution in [0.15, 0.2) is 28.8 Å². The first-order chi connectivity index (χ1) is 10.2. The van der Waals surface area contributed by atoms with E-state index in [0.29, 0.717) is 24.5 Å². The monoisotopic (exact) mass is 293 g/mol. The molecule has 0 aliphatic heterocycles. The molecule has 0 bridgehead atoms. The van der Waals surface area contributed by atoms with E-state index in [1.807, 2.05) is 0 Å². The Kier molecular flexibility index (Phi) is 5.83. The van der Waals surface area contributed by atoms with E-state index in [4.69, 9.17) is 9.26 Å². The highest BCUT2D eigenvalue weighted by Crippen LogP contribution is 2.19. The number of methoxy groups -OCH3 is 1. The molecule has 1 heterocycles. The molecule has 21 heavy (non-hydrogen) atoms. The third-order valence-corrected chi connectivity index (χ3v) is 3.05. The number of hydrogen-bond donors (Lipinski definition) is 1. The fourth-order valence-electron chi connectivity index (χ4n) is 2.04. The number of aromatic nitrogens is 2. The number of rotatable bonds is 8. The Bertz CT molecular complexity index is 559. The molecular formula is C15H20FN3O2. The van der Waals surface area contributed by atoms with Crippen molar-refractivity contribution in [2.45, 2.75) is 25.8 Å². The topological polar surface area (TPSA) is 60.2 Å². The summed E-state index contributed by atoms with van der Waals surface area (Å²) < 4.78 is 24.1. The van der Waals surface area contributed by atoms with Crippen LogP contribution in [0.25, 0.3) is 11.4 Å². The molecule has 0 spiro atoms. The van der Waals surface area contributed by atoms with Gasteiger partial charge in [0.05, 0.1) is 12.2 Å². The largest absolute Gasteiger partial charge is 0.383 e. The first kappa shape index (κ1) is 15.6. The van der Waals surface area contributed by atoms with E-state index < -0.39 is 0 Å². The van der Waals surface area contributed by atoms with Crippen LogP contribution >= 0.6 is 0 Å². The lowest BCUT2D eigenvalue weighted by molar-refractivity contribution is 0.161. The molecule has 1 atom stereocenters. The van der Waals surface area contributed by atoms with Crippen LogP contribution in [0.2, 0.25) is 0 Å². The fourth-order valence-corrected chi connectivity index (χ4v) is 2.04. The summed E-state index contributed by atoms with van der Waals surface area (Å²) in [6.07, 6.45) is 1.58. The van der Waals surface area contributed by atoms with E-state index in [1.54, 1.807) is 25.3 Å². The van der Waals surface area contributed by atoms with Gasteiger partial charge in [0.25, 0.3) is 0 Å². The Hall–Kier alpha value is -1.79. The van der Waals surface area contributed by atoms with Crippen molar-refractivity contribution < 1.29 is 13.7 Å². The van der Waals surface area contributed by atoms with Gasteiger partial charge in [-0.25, -0.2) is 4.39 Å². The van der Waals surface area contributed by atoms with Gasteiger partial charge in [0, 0.05) is 19.6 Å². The van der Waals surface area contributed by atoms with Crippen LogP contribution < -0.4 is 5.32 Å². The molecule has 1 aromatic carbocycles. The first-order valence-corrected chi connectivity index (χ1v) is 7.04. The molecule has 6 heteroatoms. The summed E-state index contributed by atoms with van der Waals surface area (Å²) in [4.78, 5) is 4.26. The highest BCUT2D eigenvalue weighted by molar-refractivity contribution is 5.54. The summed E-state index contributed by atoms with van der Waals surface area (Å²) in [5.41, 5.74) is 0.345. The zero-order valence-electron chi connectivity index (χ0n) is 12.3. The lowest BCUT2D eigenvalue weighted by atomic mass is 10.2. The Balaban J connectivity index is 2.06. The standard InChI is InChI=1S/C15H20FN3O2/c1-3-8-17-11(10-20-2)9-14-18-15(19-21-14)12-6-4-5-7-13(12)16/h4-7,11,17H,3,8-10H2,1-2H3. The fraction of sp³-hybridized carbons (Fsp3) is 0.467. The second-order valence-corrected chi connectivity index (χ2v) is 4.80. The van der Waals surface area contributed by atoms with Gasteiger partial charge in [0.15, 0.2) is 0 Å². The summed E-state index contributed by atoms with van der Waals surface area (Å²) in [5.74, 6) is 0.385. The Morgan fingerprint density at radius 3 is 2.90 bits per heavy atom. The third kappa shape index (κ3) is 4.34. The van der Waals surface area contributed by atoms with Crippen molar-refractivity contribution >= 4 is 0 Å². The van der Waals surface area contributed by atoms with Crippen molar-refractivity contribution in [2.24, 2.45) is 0 Å². The van der Waals surface area contributed by atoms with Gasteiger partial charge in [-0.1, -0.05) is 24.2 Å². The van der Waals surface area contributed by atoms with Gasteiger partial charge in [-0.3, -0.25) is 0 Å². The molecule has 0 aliphatic carbocycles. The Labute approximate surface area is 123 Å². The lowest BCUT2D eigenvalue weighted by Crippen LogP contribution is -2.35. The number of benzene rings is 1. The van der Waals surface area contributed by atoms with Crippen LogP contribution in [0.1, 0.15) is 19.2 Å². The summed E-state index contributed by atoms with van der Waals surface area (Å²) in [5, 5.41) is 7.20. The molecule has 0 aliphatic rings. The minimum atomic E-state index is -0.359. The van der Waals surface area contributed by atoms with Crippen molar-refractivity contribution in [1.82, 2.24) is 15.5 Å². The maximum Gasteiger partial charge on any atom is 0.228 e. The summed E-state index contributed by atoms with van der Waals surface area (Å²) in [7, 11) is 1.65. The van der Waals surface area contributed by atoms with Crippen LogP contribution in [0.4, 0.5) is 4.39 Å². The van der Waals surface area contributed by atoms with Gasteiger partial charge in [0.2, 0.25) is 11.7 Å². The van der Waals surface area contributed by atoms with Crippen LogP contribution in [-0.4, -0.2) is 36.4 Å². The van der Waals surface area contributed by atoms with E-state index in [2.05, 4.69) is 22.4 Å². The summed E-state index contributed by atoms with van der Waals surface area (Å²) in [6, 6.07) is 6.48. The van der Waals surface area contributed by atoms with Crippen LogP contribution in [-0.2, 0) is 11.2 Å². The Morgan fingerprint density at radius 2 is 2.19 bits per heavy atom. The number of nitrogens with zero attached hydrogens (tertiary/aromatic N) is 2. The van der Waals surface area contributed by atoms with Crippen molar-refractivity contribution in [3.8, 4) is 11.4 Å². The SMILES string of the molecule is CCCNC(COC)Cc1nc(-c2ccccc2F)no1. The molecule has 1 unspecified atom stereocenters. The summed E-state index contributed by atoms with van der Waals surface area (Å²) in [6.45, 7) is 3.54. The normalized spacial score (nSPS) is 12.5. The highest BCUT2D eigenvalue weighted by atomic mass is 19.1. The molecule has 1 N–H and O–H groups in total. The second kappa shape index (κ2) is 7.85. The number of hydrogen-bond acceptors (Lipinski definition) is 5. The van der Waals surface area contributed by atoms with Crippen LogP contribution in [0.5, 0.6) is 0 Å². The van der Waals surface area contributed by atoms with Gasteiger partial charge in [-0.05, 0) is 25.1 Å². The predicted molar refractivity (Wildman–Crippen MR) is 77.4 cm³/mol. The molecule has 0 amide bonds. The highest BCUT2D eigenvalue weighted by Gasteiger charge is 2.16. The predicted octanol–water partition coefficient (Wildman–Crippen LogP) is 2.43. The van der Waals surface area contributed by atoms with Gasteiger partial charge in [-0.2, -0.15) is 4.98 Å². The van der Waals surface area contributed by atoms with Gasteiger partial charge in [0.1, 0.15) is 5.82 Å². The van der Waals surface area contributed by atoms with Gasteiger partial charge in [-0.15, -0.1) is 0 Å². The van der Waals surface area contributed by atoms with E-state index in [0.717, 1.165) is 13.0 Å². The van der Waals surface area contributed by atoms with E-state index >= 15 is 0 Å². The van der Waals surface area contributed by atoms with E-state index in [9.17, 15) is 4.39 Å². The van der Waals surface area contributed by atoms with Crippen molar-refractivity contribution in [2.75, 3.05) is 20.3 Å². The first-order valence-electron chi connectivity index (χ1n) is 7.04. The van der Waals surface area contributed by atoms with Crippen molar-refractivity contribution in [3.05, 3.63) is 36.0 Å². The minimum absolute atomic E-state index is 0.101. The van der Waals surface area contributed by atoms with Crippen molar-refractivity contribution in [3.63, 3.8) is 0 Å². The molecule has 0 fully saturated rings.